The van der Waals surface area contributed by atoms with Crippen LogP contribution < -0.4 is 21.8 Å². The zero-order chi connectivity index (χ0) is 19.3. The Morgan fingerprint density at radius 2 is 2.00 bits per heavy atom. The molecule has 2 bridgehead atoms. The predicted molar refractivity (Wildman–Crippen MR) is 106 cm³/mol. The van der Waals surface area contributed by atoms with Crippen molar-refractivity contribution in [3.63, 3.8) is 0 Å². The first kappa shape index (κ1) is 16.7. The minimum atomic E-state index is -0.257. The largest absolute Gasteiger partial charge is 0.369 e. The lowest BCUT2D eigenvalue weighted by atomic mass is 9.82. The Labute approximate surface area is 160 Å². The summed E-state index contributed by atoms with van der Waals surface area (Å²) in [6.07, 6.45) is 2.74. The Bertz CT molecular complexity index is 1150. The van der Waals surface area contributed by atoms with Crippen molar-refractivity contribution in [3.05, 3.63) is 69.0 Å². The zero-order valence-electron chi connectivity index (χ0n) is 15.2. The molecule has 8 heteroatoms. The van der Waals surface area contributed by atoms with Gasteiger partial charge in [0.1, 0.15) is 5.82 Å². The van der Waals surface area contributed by atoms with Crippen LogP contribution in [-0.4, -0.2) is 32.6 Å². The number of nitrogen functional groups attached to an aromatic ring is 1. The monoisotopic (exact) mass is 376 g/mol. The molecule has 1 fully saturated rings. The molecule has 28 heavy (non-hydrogen) atoms. The van der Waals surface area contributed by atoms with Crippen LogP contribution in [0.2, 0.25) is 0 Å². The predicted octanol–water partition coefficient (Wildman–Crippen LogP) is 1.20. The Kier molecular flexibility index (Phi) is 3.78. The minimum absolute atomic E-state index is 0.0137. The van der Waals surface area contributed by atoms with Gasteiger partial charge in [-0.2, -0.15) is 4.98 Å². The van der Waals surface area contributed by atoms with E-state index in [4.69, 9.17) is 5.73 Å². The fraction of sp³-hybridized carbons (Fsp3) is 0.300. The molecule has 0 unspecified atom stereocenters. The van der Waals surface area contributed by atoms with E-state index in [2.05, 4.69) is 25.9 Å². The Morgan fingerprint density at radius 3 is 2.79 bits per heavy atom. The molecule has 3 aromatic rings. The van der Waals surface area contributed by atoms with Gasteiger partial charge in [-0.15, -0.1) is 0 Å². The van der Waals surface area contributed by atoms with Gasteiger partial charge in [-0.3, -0.25) is 19.6 Å². The van der Waals surface area contributed by atoms with Crippen molar-refractivity contribution in [1.29, 1.82) is 0 Å². The van der Waals surface area contributed by atoms with Gasteiger partial charge in [0, 0.05) is 55.1 Å². The summed E-state index contributed by atoms with van der Waals surface area (Å²) in [6, 6.07) is 10.9. The van der Waals surface area contributed by atoms with E-state index < -0.39 is 0 Å². The summed E-state index contributed by atoms with van der Waals surface area (Å²) in [5.74, 6) is 1.22. The van der Waals surface area contributed by atoms with E-state index in [-0.39, 0.29) is 23.0 Å². The van der Waals surface area contributed by atoms with Crippen molar-refractivity contribution in [3.8, 4) is 11.3 Å². The van der Waals surface area contributed by atoms with Crippen molar-refractivity contribution in [2.45, 2.75) is 18.9 Å². The number of nitrogens with two attached hydrogens (primary N) is 1. The molecule has 5 heterocycles. The average Bonchev–Trinajstić information content (AvgIpc) is 2.68. The van der Waals surface area contributed by atoms with Gasteiger partial charge >= 0.3 is 0 Å². The third kappa shape index (κ3) is 2.87. The summed E-state index contributed by atoms with van der Waals surface area (Å²) in [7, 11) is 0. The summed E-state index contributed by atoms with van der Waals surface area (Å²) < 4.78 is 1.89. The number of aromatic amines is 1. The molecular weight excluding hydrogens is 356 g/mol. The van der Waals surface area contributed by atoms with Crippen LogP contribution in [0.15, 0.2) is 52.2 Å². The standard InChI is InChI=1S/C20H20N6O2/c21-20-23-17(8-18(27)24-20)25-9-12-5-14(11-25)16-6-13(7-19(28)26(16)10-12)15-3-1-2-4-22-15/h1-4,6-8,12,14H,5,9-11H2,(H3,21,23,24,27)/t12-,14+/m0/s1. The van der Waals surface area contributed by atoms with Gasteiger partial charge < -0.3 is 15.2 Å². The molecule has 0 aliphatic carbocycles. The van der Waals surface area contributed by atoms with E-state index in [1.54, 1.807) is 12.3 Å². The number of aromatic nitrogens is 4. The van der Waals surface area contributed by atoms with Crippen molar-refractivity contribution < 1.29 is 0 Å². The molecule has 1 saturated heterocycles. The second-order valence-corrected chi connectivity index (χ2v) is 7.53. The fourth-order valence-electron chi connectivity index (χ4n) is 4.45. The number of hydrogen-bond donors (Lipinski definition) is 2. The van der Waals surface area contributed by atoms with Crippen LogP contribution in [0.4, 0.5) is 11.8 Å². The van der Waals surface area contributed by atoms with Crippen molar-refractivity contribution in [2.75, 3.05) is 23.7 Å². The smallest absolute Gasteiger partial charge is 0.254 e. The number of nitrogens with one attached hydrogen (secondary N) is 1. The molecule has 0 spiro atoms. The number of fused-ring (bicyclic) bond motifs is 4. The molecular formula is C20H20N6O2. The van der Waals surface area contributed by atoms with Gasteiger partial charge in [-0.25, -0.2) is 0 Å². The third-order valence-electron chi connectivity index (χ3n) is 5.59. The first-order valence-electron chi connectivity index (χ1n) is 9.35. The second kappa shape index (κ2) is 6.33. The van der Waals surface area contributed by atoms with Gasteiger partial charge in [0.15, 0.2) is 0 Å². The van der Waals surface area contributed by atoms with Crippen LogP contribution in [0, 0.1) is 5.92 Å². The minimum Gasteiger partial charge on any atom is -0.369 e. The maximum absolute atomic E-state index is 12.8. The lowest BCUT2D eigenvalue weighted by Crippen LogP contribution is -2.47. The van der Waals surface area contributed by atoms with Gasteiger partial charge in [-0.05, 0) is 30.5 Å². The van der Waals surface area contributed by atoms with Crippen molar-refractivity contribution in [1.82, 2.24) is 19.5 Å². The number of anilines is 2. The van der Waals surface area contributed by atoms with Crippen LogP contribution >= 0.6 is 0 Å². The van der Waals surface area contributed by atoms with Gasteiger partial charge in [0.2, 0.25) is 5.95 Å². The lowest BCUT2D eigenvalue weighted by Gasteiger charge is -2.43. The maximum Gasteiger partial charge on any atom is 0.254 e. The summed E-state index contributed by atoms with van der Waals surface area (Å²) in [6.45, 7) is 2.11. The number of hydrogen-bond acceptors (Lipinski definition) is 6. The van der Waals surface area contributed by atoms with E-state index in [0.29, 0.717) is 24.8 Å². The van der Waals surface area contributed by atoms with Crippen molar-refractivity contribution >= 4 is 11.8 Å². The lowest BCUT2D eigenvalue weighted by molar-refractivity contribution is 0.281. The first-order chi connectivity index (χ1) is 13.6. The van der Waals surface area contributed by atoms with E-state index >= 15 is 0 Å². The van der Waals surface area contributed by atoms with Crippen LogP contribution in [-0.2, 0) is 6.54 Å². The van der Waals surface area contributed by atoms with Crippen LogP contribution in [0.5, 0.6) is 0 Å². The molecule has 2 aliphatic rings. The summed E-state index contributed by atoms with van der Waals surface area (Å²) in [4.78, 5) is 37.8. The van der Waals surface area contributed by atoms with Gasteiger partial charge in [-0.1, -0.05) is 6.07 Å². The maximum atomic E-state index is 12.8. The molecule has 0 amide bonds. The van der Waals surface area contributed by atoms with Gasteiger partial charge in [0.05, 0.1) is 5.69 Å². The molecule has 2 atom stereocenters. The summed E-state index contributed by atoms with van der Waals surface area (Å²) >= 11 is 0. The zero-order valence-corrected chi connectivity index (χ0v) is 15.2. The molecule has 5 rings (SSSR count). The second-order valence-electron chi connectivity index (χ2n) is 7.53. The highest BCUT2D eigenvalue weighted by atomic mass is 16.1. The highest BCUT2D eigenvalue weighted by Crippen LogP contribution is 2.37. The van der Waals surface area contributed by atoms with Gasteiger partial charge in [0.25, 0.3) is 11.1 Å². The van der Waals surface area contributed by atoms with E-state index in [1.807, 2.05) is 22.8 Å². The van der Waals surface area contributed by atoms with E-state index in [0.717, 1.165) is 29.9 Å². The topological polar surface area (TPSA) is 110 Å². The van der Waals surface area contributed by atoms with E-state index in [1.165, 1.54) is 6.07 Å². The SMILES string of the molecule is Nc1nc(N2C[C@@H]3C[C@H](C2)c2cc(-c4ccccn4)cc(=O)n2C3)cc(=O)[nH]1. The summed E-state index contributed by atoms with van der Waals surface area (Å²) in [5, 5.41) is 0. The molecule has 3 aromatic heterocycles. The summed E-state index contributed by atoms with van der Waals surface area (Å²) in [5.41, 5.74) is 8.13. The molecule has 3 N–H and O–H groups in total. The van der Waals surface area contributed by atoms with Crippen LogP contribution in [0.3, 0.4) is 0 Å². The number of rotatable bonds is 2. The third-order valence-corrected chi connectivity index (χ3v) is 5.59. The number of pyridine rings is 2. The number of nitrogens with zero attached hydrogens (tertiary/aromatic N) is 4. The Morgan fingerprint density at radius 1 is 1.11 bits per heavy atom. The average molecular weight is 376 g/mol. The quantitative estimate of drug-likeness (QED) is 0.695. The molecule has 0 saturated carbocycles. The van der Waals surface area contributed by atoms with E-state index in [9.17, 15) is 9.59 Å². The van der Waals surface area contributed by atoms with Crippen LogP contribution in [0.1, 0.15) is 18.0 Å². The first-order valence-corrected chi connectivity index (χ1v) is 9.35. The van der Waals surface area contributed by atoms with Crippen molar-refractivity contribution in [2.24, 2.45) is 5.92 Å². The Balaban J connectivity index is 1.54. The molecule has 8 nitrogen and oxygen atoms in total. The molecule has 142 valence electrons. The fourth-order valence-corrected chi connectivity index (χ4v) is 4.45. The molecule has 2 aliphatic heterocycles. The Hall–Kier alpha value is -3.42. The number of piperidine rings is 1. The molecule has 0 aromatic carbocycles. The molecule has 0 radical (unpaired) electrons. The van der Waals surface area contributed by atoms with Crippen LogP contribution in [0.25, 0.3) is 11.3 Å². The highest BCUT2D eigenvalue weighted by Gasteiger charge is 2.35. The number of H-pyrrole nitrogens is 1. The normalized spacial score (nSPS) is 20.6. The highest BCUT2D eigenvalue weighted by molar-refractivity contribution is 5.59.